The predicted molar refractivity (Wildman–Crippen MR) is 77.1 cm³/mol. The minimum absolute atomic E-state index is 0.248. The van der Waals surface area contributed by atoms with Crippen molar-refractivity contribution < 1.29 is 19.0 Å². The number of ether oxygens (including phenoxy) is 2. The second-order valence-corrected chi connectivity index (χ2v) is 5.27. The molecule has 21 heavy (non-hydrogen) atoms. The van der Waals surface area contributed by atoms with Crippen molar-refractivity contribution in [2.24, 2.45) is 0 Å². The van der Waals surface area contributed by atoms with E-state index < -0.39 is 6.10 Å². The zero-order valence-electron chi connectivity index (χ0n) is 12.0. The minimum atomic E-state index is -0.725. The first-order chi connectivity index (χ1) is 10.1. The summed E-state index contributed by atoms with van der Waals surface area (Å²) in [5.74, 6) is 0.987. The summed E-state index contributed by atoms with van der Waals surface area (Å²) in [5.41, 5.74) is 2.50. The molecule has 0 aromatic heterocycles. The van der Waals surface area contributed by atoms with Gasteiger partial charge in [-0.2, -0.15) is 0 Å². The van der Waals surface area contributed by atoms with Gasteiger partial charge in [0.25, 0.3) is 0 Å². The first-order valence-electron chi connectivity index (χ1n) is 6.87. The molecule has 3 rings (SSSR count). The quantitative estimate of drug-likeness (QED) is 0.915. The third-order valence-corrected chi connectivity index (χ3v) is 3.83. The van der Waals surface area contributed by atoms with Gasteiger partial charge in [0.05, 0.1) is 13.2 Å². The fourth-order valence-corrected chi connectivity index (χ4v) is 2.72. The van der Waals surface area contributed by atoms with Gasteiger partial charge in [0.2, 0.25) is 0 Å². The molecule has 0 saturated heterocycles. The van der Waals surface area contributed by atoms with E-state index in [0.29, 0.717) is 17.7 Å². The molecule has 110 valence electrons. The molecule has 0 spiro atoms. The summed E-state index contributed by atoms with van der Waals surface area (Å²) in [6.07, 6.45) is -0.568. The van der Waals surface area contributed by atoms with Gasteiger partial charge in [-0.1, -0.05) is 6.07 Å². The molecular formula is C17H17FO3. The van der Waals surface area contributed by atoms with Crippen LogP contribution in [0.3, 0.4) is 0 Å². The van der Waals surface area contributed by atoms with E-state index in [-0.39, 0.29) is 11.9 Å². The number of aliphatic hydroxyl groups excluding tert-OH is 1. The molecule has 0 amide bonds. The molecule has 1 heterocycles. The van der Waals surface area contributed by atoms with Crippen LogP contribution in [-0.2, 0) is 0 Å². The molecular weight excluding hydrogens is 271 g/mol. The normalized spacial score (nSPS) is 20.6. The molecule has 0 saturated carbocycles. The van der Waals surface area contributed by atoms with Crippen molar-refractivity contribution in [3.05, 3.63) is 58.9 Å². The highest BCUT2D eigenvalue weighted by atomic mass is 19.1. The Kier molecular flexibility index (Phi) is 3.55. The maximum absolute atomic E-state index is 13.2. The number of aryl methyl sites for hydroxylation is 1. The van der Waals surface area contributed by atoms with Gasteiger partial charge in [-0.05, 0) is 48.4 Å². The predicted octanol–water partition coefficient (Wildman–Crippen LogP) is 3.70. The molecule has 0 radical (unpaired) electrons. The highest BCUT2D eigenvalue weighted by molar-refractivity contribution is 5.41. The van der Waals surface area contributed by atoms with Gasteiger partial charge < -0.3 is 14.6 Å². The van der Waals surface area contributed by atoms with E-state index in [2.05, 4.69) is 0 Å². The van der Waals surface area contributed by atoms with Crippen LogP contribution in [0.25, 0.3) is 0 Å². The average Bonchev–Trinajstić information content (AvgIpc) is 2.47. The second kappa shape index (κ2) is 5.37. The number of fused-ring (bicyclic) bond motifs is 1. The smallest absolute Gasteiger partial charge is 0.127 e. The SMILES string of the molecule is COc1ccc(C2C[C@H](O)c3cc(F)ccc3O2)cc1C. The van der Waals surface area contributed by atoms with Gasteiger partial charge in [-0.25, -0.2) is 4.39 Å². The fourth-order valence-electron chi connectivity index (χ4n) is 2.72. The van der Waals surface area contributed by atoms with Crippen LogP contribution in [0.5, 0.6) is 11.5 Å². The number of halogens is 1. The van der Waals surface area contributed by atoms with Crippen molar-refractivity contribution >= 4 is 0 Å². The molecule has 2 aromatic carbocycles. The maximum atomic E-state index is 13.2. The second-order valence-electron chi connectivity index (χ2n) is 5.27. The van der Waals surface area contributed by atoms with Crippen LogP contribution in [-0.4, -0.2) is 12.2 Å². The Labute approximate surface area is 122 Å². The van der Waals surface area contributed by atoms with Crippen molar-refractivity contribution in [2.75, 3.05) is 7.11 Å². The van der Waals surface area contributed by atoms with E-state index in [0.717, 1.165) is 16.9 Å². The van der Waals surface area contributed by atoms with Crippen LogP contribution in [0.15, 0.2) is 36.4 Å². The summed E-state index contributed by atoms with van der Waals surface area (Å²) < 4.78 is 24.4. The molecule has 2 aromatic rings. The number of rotatable bonds is 2. The van der Waals surface area contributed by atoms with E-state index in [1.165, 1.54) is 12.1 Å². The molecule has 0 bridgehead atoms. The summed E-state index contributed by atoms with van der Waals surface area (Å²) in [6, 6.07) is 10.0. The lowest BCUT2D eigenvalue weighted by Crippen LogP contribution is -2.19. The summed E-state index contributed by atoms with van der Waals surface area (Å²) in [6.45, 7) is 1.96. The van der Waals surface area contributed by atoms with E-state index in [1.807, 2.05) is 25.1 Å². The van der Waals surface area contributed by atoms with Crippen LogP contribution < -0.4 is 9.47 Å². The number of aliphatic hydroxyl groups is 1. The Morgan fingerprint density at radius 3 is 2.76 bits per heavy atom. The average molecular weight is 288 g/mol. The van der Waals surface area contributed by atoms with E-state index in [1.54, 1.807) is 13.2 Å². The van der Waals surface area contributed by atoms with Crippen LogP contribution in [0.1, 0.15) is 35.3 Å². The Bertz CT molecular complexity index is 669. The third-order valence-electron chi connectivity index (χ3n) is 3.83. The highest BCUT2D eigenvalue weighted by Gasteiger charge is 2.28. The summed E-state index contributed by atoms with van der Waals surface area (Å²) in [4.78, 5) is 0. The third kappa shape index (κ3) is 2.59. The number of hydrogen-bond acceptors (Lipinski definition) is 3. The van der Waals surface area contributed by atoms with Crippen molar-refractivity contribution in [3.63, 3.8) is 0 Å². The first-order valence-corrected chi connectivity index (χ1v) is 6.87. The minimum Gasteiger partial charge on any atom is -0.496 e. The highest BCUT2D eigenvalue weighted by Crippen LogP contribution is 2.41. The standard InChI is InChI=1S/C17H17FO3/c1-10-7-11(3-5-15(10)20-2)17-9-14(19)13-8-12(18)4-6-16(13)21-17/h3-8,14,17,19H,9H2,1-2H3/t14-,17?/m0/s1. The monoisotopic (exact) mass is 288 g/mol. The molecule has 3 nitrogen and oxygen atoms in total. The van der Waals surface area contributed by atoms with Gasteiger partial charge >= 0.3 is 0 Å². The zero-order chi connectivity index (χ0) is 15.0. The van der Waals surface area contributed by atoms with Gasteiger partial charge in [-0.3, -0.25) is 0 Å². The van der Waals surface area contributed by atoms with Gasteiger partial charge in [0.15, 0.2) is 0 Å². The summed E-state index contributed by atoms with van der Waals surface area (Å²) in [7, 11) is 1.63. The van der Waals surface area contributed by atoms with Crippen LogP contribution in [0.4, 0.5) is 4.39 Å². The van der Waals surface area contributed by atoms with E-state index in [4.69, 9.17) is 9.47 Å². The number of methoxy groups -OCH3 is 1. The van der Waals surface area contributed by atoms with Crippen molar-refractivity contribution in [1.82, 2.24) is 0 Å². The zero-order valence-corrected chi connectivity index (χ0v) is 12.0. The topological polar surface area (TPSA) is 38.7 Å². The molecule has 1 unspecified atom stereocenters. The van der Waals surface area contributed by atoms with E-state index in [9.17, 15) is 9.50 Å². The molecule has 1 N–H and O–H groups in total. The Morgan fingerprint density at radius 1 is 1.24 bits per heavy atom. The van der Waals surface area contributed by atoms with Gasteiger partial charge in [-0.15, -0.1) is 0 Å². The molecule has 4 heteroatoms. The first kappa shape index (κ1) is 13.9. The molecule has 1 aliphatic rings. The summed E-state index contributed by atoms with van der Waals surface area (Å²) in [5, 5.41) is 10.2. The largest absolute Gasteiger partial charge is 0.496 e. The molecule has 1 aliphatic heterocycles. The maximum Gasteiger partial charge on any atom is 0.127 e. The van der Waals surface area contributed by atoms with Crippen LogP contribution in [0, 0.1) is 12.7 Å². The molecule has 2 atom stereocenters. The molecule has 0 fully saturated rings. The fraction of sp³-hybridized carbons (Fsp3) is 0.294. The van der Waals surface area contributed by atoms with Crippen molar-refractivity contribution in [1.29, 1.82) is 0 Å². The van der Waals surface area contributed by atoms with Crippen molar-refractivity contribution in [3.8, 4) is 11.5 Å². The Balaban J connectivity index is 1.92. The Morgan fingerprint density at radius 2 is 2.05 bits per heavy atom. The van der Waals surface area contributed by atoms with Gasteiger partial charge in [0, 0.05) is 12.0 Å². The Hall–Kier alpha value is -2.07. The van der Waals surface area contributed by atoms with E-state index >= 15 is 0 Å². The lowest BCUT2D eigenvalue weighted by Gasteiger charge is -2.30. The van der Waals surface area contributed by atoms with Crippen LogP contribution in [0.2, 0.25) is 0 Å². The lowest BCUT2D eigenvalue weighted by molar-refractivity contribution is 0.0653. The molecule has 0 aliphatic carbocycles. The van der Waals surface area contributed by atoms with Crippen molar-refractivity contribution in [2.45, 2.75) is 25.6 Å². The summed E-state index contributed by atoms with van der Waals surface area (Å²) >= 11 is 0. The lowest BCUT2D eigenvalue weighted by atomic mass is 9.94. The van der Waals surface area contributed by atoms with Gasteiger partial charge in [0.1, 0.15) is 23.4 Å². The van der Waals surface area contributed by atoms with Crippen LogP contribution >= 0.6 is 0 Å². The number of hydrogen-bond donors (Lipinski definition) is 1. The number of benzene rings is 2.